The van der Waals surface area contributed by atoms with Crippen molar-refractivity contribution < 1.29 is 4.92 Å². The molecule has 0 aliphatic carbocycles. The minimum absolute atomic E-state index is 0.0544. The van der Waals surface area contributed by atoms with Gasteiger partial charge in [-0.2, -0.15) is 0 Å². The first kappa shape index (κ1) is 12.3. The third kappa shape index (κ3) is 3.09. The van der Waals surface area contributed by atoms with Crippen LogP contribution in [0.5, 0.6) is 0 Å². The standard InChI is InChI=1S/C10H16N4O2/c1-13(2)7-6-12-9-5-3-4-8(11)10(9)14(15)16/h3-5,12H,6-7,11H2,1-2H3. The number of likely N-dealkylation sites (N-methyl/N-ethyl adjacent to an activating group) is 1. The van der Waals surface area contributed by atoms with Crippen molar-refractivity contribution in [3.63, 3.8) is 0 Å². The highest BCUT2D eigenvalue weighted by Crippen LogP contribution is 2.30. The van der Waals surface area contributed by atoms with Crippen molar-refractivity contribution >= 4 is 17.1 Å². The molecule has 88 valence electrons. The van der Waals surface area contributed by atoms with Crippen molar-refractivity contribution in [3.8, 4) is 0 Å². The number of nitrogens with zero attached hydrogens (tertiary/aromatic N) is 2. The predicted molar refractivity (Wildman–Crippen MR) is 64.6 cm³/mol. The van der Waals surface area contributed by atoms with E-state index in [2.05, 4.69) is 5.32 Å². The SMILES string of the molecule is CN(C)CCNc1cccc(N)c1[N+](=O)[O-]. The summed E-state index contributed by atoms with van der Waals surface area (Å²) >= 11 is 0. The molecule has 0 heterocycles. The fourth-order valence-electron chi connectivity index (χ4n) is 1.32. The molecule has 3 N–H and O–H groups in total. The summed E-state index contributed by atoms with van der Waals surface area (Å²) < 4.78 is 0. The van der Waals surface area contributed by atoms with Gasteiger partial charge >= 0.3 is 5.69 Å². The van der Waals surface area contributed by atoms with Gasteiger partial charge in [-0.25, -0.2) is 0 Å². The Bertz CT molecular complexity index is 379. The quantitative estimate of drug-likeness (QED) is 0.445. The molecule has 0 unspecified atom stereocenters. The third-order valence-electron chi connectivity index (χ3n) is 2.12. The zero-order chi connectivity index (χ0) is 12.1. The second kappa shape index (κ2) is 5.32. The van der Waals surface area contributed by atoms with Gasteiger partial charge < -0.3 is 16.0 Å². The number of nitro benzene ring substituents is 1. The van der Waals surface area contributed by atoms with Gasteiger partial charge in [-0.1, -0.05) is 6.07 Å². The van der Waals surface area contributed by atoms with Gasteiger partial charge in [0.1, 0.15) is 11.4 Å². The van der Waals surface area contributed by atoms with Crippen LogP contribution in [0.2, 0.25) is 0 Å². The summed E-state index contributed by atoms with van der Waals surface area (Å²) in [6, 6.07) is 4.87. The van der Waals surface area contributed by atoms with Gasteiger partial charge in [-0.15, -0.1) is 0 Å². The maximum absolute atomic E-state index is 10.8. The van der Waals surface area contributed by atoms with E-state index in [0.717, 1.165) is 6.54 Å². The normalized spacial score (nSPS) is 10.4. The van der Waals surface area contributed by atoms with Crippen LogP contribution in [0.25, 0.3) is 0 Å². The highest BCUT2D eigenvalue weighted by atomic mass is 16.6. The Hall–Kier alpha value is -1.82. The van der Waals surface area contributed by atoms with Crippen molar-refractivity contribution in [2.45, 2.75) is 0 Å². The predicted octanol–water partition coefficient (Wildman–Crippen LogP) is 1.15. The van der Waals surface area contributed by atoms with Gasteiger partial charge in [0.2, 0.25) is 0 Å². The Morgan fingerprint density at radius 1 is 1.50 bits per heavy atom. The monoisotopic (exact) mass is 224 g/mol. The van der Waals surface area contributed by atoms with Crippen LogP contribution in [-0.2, 0) is 0 Å². The molecule has 6 nitrogen and oxygen atoms in total. The Morgan fingerprint density at radius 3 is 2.75 bits per heavy atom. The van der Waals surface area contributed by atoms with Gasteiger partial charge in [-0.05, 0) is 26.2 Å². The number of para-hydroxylation sites is 1. The van der Waals surface area contributed by atoms with Gasteiger partial charge in [-0.3, -0.25) is 10.1 Å². The van der Waals surface area contributed by atoms with E-state index < -0.39 is 4.92 Å². The molecule has 16 heavy (non-hydrogen) atoms. The summed E-state index contributed by atoms with van der Waals surface area (Å²) in [4.78, 5) is 12.3. The Labute approximate surface area is 94.2 Å². The smallest absolute Gasteiger partial charge is 0.314 e. The first-order valence-corrected chi connectivity index (χ1v) is 4.94. The Morgan fingerprint density at radius 2 is 2.19 bits per heavy atom. The molecule has 6 heteroatoms. The van der Waals surface area contributed by atoms with Crippen LogP contribution in [0, 0.1) is 10.1 Å². The highest BCUT2D eigenvalue weighted by Gasteiger charge is 2.16. The molecular weight excluding hydrogens is 208 g/mol. The number of hydrogen-bond acceptors (Lipinski definition) is 5. The van der Waals surface area contributed by atoms with E-state index in [-0.39, 0.29) is 11.4 Å². The van der Waals surface area contributed by atoms with Crippen molar-refractivity contribution in [2.24, 2.45) is 0 Å². The largest absolute Gasteiger partial charge is 0.393 e. The molecule has 0 aromatic heterocycles. The van der Waals surface area contributed by atoms with Gasteiger partial charge in [0.15, 0.2) is 0 Å². The number of nitrogens with one attached hydrogen (secondary N) is 1. The fraction of sp³-hybridized carbons (Fsp3) is 0.400. The molecule has 0 spiro atoms. The molecule has 0 atom stereocenters. The van der Waals surface area contributed by atoms with E-state index in [1.165, 1.54) is 6.07 Å². The summed E-state index contributed by atoms with van der Waals surface area (Å²) in [5, 5.41) is 13.8. The molecular formula is C10H16N4O2. The molecule has 0 aliphatic rings. The number of benzene rings is 1. The fourth-order valence-corrected chi connectivity index (χ4v) is 1.32. The van der Waals surface area contributed by atoms with E-state index in [0.29, 0.717) is 12.2 Å². The minimum Gasteiger partial charge on any atom is -0.393 e. The third-order valence-corrected chi connectivity index (χ3v) is 2.12. The number of anilines is 2. The summed E-state index contributed by atoms with van der Waals surface area (Å²) in [6.45, 7) is 1.43. The van der Waals surface area contributed by atoms with Crippen LogP contribution >= 0.6 is 0 Å². The first-order chi connectivity index (χ1) is 7.52. The number of rotatable bonds is 5. The lowest BCUT2D eigenvalue weighted by molar-refractivity contribution is -0.383. The zero-order valence-corrected chi connectivity index (χ0v) is 9.43. The second-order valence-corrected chi connectivity index (χ2v) is 3.73. The van der Waals surface area contributed by atoms with Crippen LogP contribution in [0.4, 0.5) is 17.1 Å². The lowest BCUT2D eigenvalue weighted by Crippen LogP contribution is -2.21. The number of nitro groups is 1. The van der Waals surface area contributed by atoms with Crippen LogP contribution in [0.15, 0.2) is 18.2 Å². The summed E-state index contributed by atoms with van der Waals surface area (Å²) in [7, 11) is 3.88. The molecule has 1 aromatic rings. The lowest BCUT2D eigenvalue weighted by Gasteiger charge is -2.11. The number of nitrogen functional groups attached to an aromatic ring is 1. The highest BCUT2D eigenvalue weighted by molar-refractivity contribution is 5.74. The molecule has 0 bridgehead atoms. The Kier molecular flexibility index (Phi) is 4.07. The van der Waals surface area contributed by atoms with E-state index in [4.69, 9.17) is 5.73 Å². The minimum atomic E-state index is -0.465. The van der Waals surface area contributed by atoms with Gasteiger partial charge in [0.05, 0.1) is 4.92 Å². The molecule has 0 amide bonds. The van der Waals surface area contributed by atoms with E-state index in [9.17, 15) is 10.1 Å². The van der Waals surface area contributed by atoms with Crippen LogP contribution in [-0.4, -0.2) is 37.0 Å². The van der Waals surface area contributed by atoms with Gasteiger partial charge in [0, 0.05) is 13.1 Å². The van der Waals surface area contributed by atoms with Crippen LogP contribution < -0.4 is 11.1 Å². The first-order valence-electron chi connectivity index (χ1n) is 4.94. The van der Waals surface area contributed by atoms with Crippen molar-refractivity contribution in [1.82, 2.24) is 4.90 Å². The van der Waals surface area contributed by atoms with E-state index in [1.54, 1.807) is 12.1 Å². The Balaban J connectivity index is 2.79. The second-order valence-electron chi connectivity index (χ2n) is 3.73. The molecule has 1 aromatic carbocycles. The number of hydrogen-bond donors (Lipinski definition) is 2. The molecule has 0 fully saturated rings. The number of nitrogens with two attached hydrogens (primary N) is 1. The molecule has 1 rings (SSSR count). The lowest BCUT2D eigenvalue weighted by atomic mass is 10.2. The summed E-state index contributed by atoms with van der Waals surface area (Å²) in [5.41, 5.74) is 6.15. The maximum atomic E-state index is 10.8. The average molecular weight is 224 g/mol. The van der Waals surface area contributed by atoms with E-state index >= 15 is 0 Å². The van der Waals surface area contributed by atoms with Gasteiger partial charge in [0.25, 0.3) is 0 Å². The van der Waals surface area contributed by atoms with Crippen molar-refractivity contribution in [1.29, 1.82) is 0 Å². The maximum Gasteiger partial charge on any atom is 0.314 e. The van der Waals surface area contributed by atoms with Crippen LogP contribution in [0.1, 0.15) is 0 Å². The van der Waals surface area contributed by atoms with Crippen molar-refractivity contribution in [2.75, 3.05) is 38.2 Å². The zero-order valence-electron chi connectivity index (χ0n) is 9.43. The summed E-state index contributed by atoms with van der Waals surface area (Å²) in [6.07, 6.45) is 0. The average Bonchev–Trinajstić information content (AvgIpc) is 2.16. The van der Waals surface area contributed by atoms with Crippen LogP contribution in [0.3, 0.4) is 0 Å². The van der Waals surface area contributed by atoms with E-state index in [1.807, 2.05) is 19.0 Å². The summed E-state index contributed by atoms with van der Waals surface area (Å²) in [5.74, 6) is 0. The van der Waals surface area contributed by atoms with Crippen molar-refractivity contribution in [3.05, 3.63) is 28.3 Å². The molecule has 0 radical (unpaired) electrons. The molecule has 0 saturated heterocycles. The molecule has 0 aliphatic heterocycles. The molecule has 0 saturated carbocycles. The topological polar surface area (TPSA) is 84.4 Å².